The van der Waals surface area contributed by atoms with Gasteiger partial charge < -0.3 is 17.2 Å². The van der Waals surface area contributed by atoms with Gasteiger partial charge in [0.25, 0.3) is 0 Å². The standard InChI is InChI=1S/C31H45N3/c1-7-8(2)29(32)17-12-6-5-11(12)16(17)18-13(7)30(33)31(34)28-26(18)25-23-21-19-14-9-3-4-10(9)15(14)20(19)22(21)24(23)27(25)28/h7-31H,3-6,32-34H2,1-2H3/t7-,8-,9+,10?,11-,12?,13?,14?,15?,16+,17?,18+,19?,20?,21+,22?,23?,24?,25+,26-,27?,28?,29-,30-,31-/m1/s1. The third-order valence-electron chi connectivity index (χ3n) is 17.5. The Hall–Kier alpha value is -0.120. The molecule has 11 fully saturated rings. The van der Waals surface area contributed by atoms with Crippen molar-refractivity contribution >= 4 is 0 Å². The van der Waals surface area contributed by atoms with Gasteiger partial charge >= 0.3 is 0 Å². The van der Waals surface area contributed by atoms with E-state index < -0.39 is 0 Å². The van der Waals surface area contributed by atoms with Crippen molar-refractivity contribution in [2.45, 2.75) is 57.7 Å². The molecule has 0 aromatic carbocycles. The summed E-state index contributed by atoms with van der Waals surface area (Å²) in [5, 5.41) is 0. The topological polar surface area (TPSA) is 78.1 Å². The maximum absolute atomic E-state index is 7.21. The highest BCUT2D eigenvalue weighted by atomic mass is 15.0. The number of rotatable bonds is 0. The highest BCUT2D eigenvalue weighted by molar-refractivity contribution is 5.37. The van der Waals surface area contributed by atoms with Crippen LogP contribution in [0, 0.1) is 130 Å². The largest absolute Gasteiger partial charge is 0.327 e. The summed E-state index contributed by atoms with van der Waals surface area (Å²) in [7, 11) is 0. The van der Waals surface area contributed by atoms with Gasteiger partial charge in [0.2, 0.25) is 0 Å². The lowest BCUT2D eigenvalue weighted by atomic mass is 9.11. The molecule has 3 nitrogen and oxygen atoms in total. The average Bonchev–Trinajstić information content (AvgIpc) is 2.82. The van der Waals surface area contributed by atoms with Crippen molar-refractivity contribution in [3.63, 3.8) is 0 Å². The van der Waals surface area contributed by atoms with E-state index in [1.807, 2.05) is 0 Å². The molecular formula is C31H45N3. The first-order chi connectivity index (χ1) is 16.5. The molecule has 0 bridgehead atoms. The molecule has 0 aromatic rings. The molecule has 11 aliphatic rings. The Balaban J connectivity index is 0.972. The molecule has 3 heteroatoms. The molecule has 0 aromatic heterocycles. The minimum atomic E-state index is 0.217. The molecule has 0 amide bonds. The zero-order valence-corrected chi connectivity index (χ0v) is 21.0. The summed E-state index contributed by atoms with van der Waals surface area (Å²) in [5.74, 6) is 21.8. The van der Waals surface area contributed by atoms with Crippen molar-refractivity contribution in [1.29, 1.82) is 0 Å². The molecule has 11 saturated carbocycles. The van der Waals surface area contributed by atoms with Crippen molar-refractivity contribution < 1.29 is 0 Å². The van der Waals surface area contributed by atoms with E-state index in [4.69, 9.17) is 17.2 Å². The molecule has 184 valence electrons. The van der Waals surface area contributed by atoms with E-state index in [1.165, 1.54) is 54.3 Å². The molecule has 25 atom stereocenters. The van der Waals surface area contributed by atoms with Crippen LogP contribution in [0.2, 0.25) is 0 Å². The first kappa shape index (κ1) is 19.0. The summed E-state index contributed by atoms with van der Waals surface area (Å²) in [6.45, 7) is 5.00. The molecular weight excluding hydrogens is 414 g/mol. The second-order valence-corrected chi connectivity index (χ2v) is 16.5. The quantitative estimate of drug-likeness (QED) is 0.487. The molecule has 11 aliphatic carbocycles. The van der Waals surface area contributed by atoms with Gasteiger partial charge in [-0.3, -0.25) is 0 Å². The fraction of sp³-hybridized carbons (Fsp3) is 1.00. The third-order valence-corrected chi connectivity index (χ3v) is 17.5. The van der Waals surface area contributed by atoms with Crippen LogP contribution in [0.5, 0.6) is 0 Å². The van der Waals surface area contributed by atoms with Crippen LogP contribution in [0.25, 0.3) is 0 Å². The molecule has 0 spiro atoms. The van der Waals surface area contributed by atoms with Crippen LogP contribution >= 0.6 is 0 Å². The summed E-state index contributed by atoms with van der Waals surface area (Å²) >= 11 is 0. The Labute approximate surface area is 205 Å². The van der Waals surface area contributed by atoms with E-state index in [2.05, 4.69) is 13.8 Å². The van der Waals surface area contributed by atoms with Gasteiger partial charge in [-0.15, -0.1) is 0 Å². The molecule has 6 N–H and O–H groups in total. The fourth-order valence-corrected chi connectivity index (χ4v) is 16.3. The van der Waals surface area contributed by atoms with Gasteiger partial charge in [0.1, 0.15) is 0 Å². The van der Waals surface area contributed by atoms with Gasteiger partial charge in [0, 0.05) is 18.1 Å². The summed E-state index contributed by atoms with van der Waals surface area (Å²) in [6, 6.07) is 0.881. The van der Waals surface area contributed by atoms with Crippen molar-refractivity contribution in [2.75, 3.05) is 0 Å². The predicted octanol–water partition coefficient (Wildman–Crippen LogP) is 3.27. The van der Waals surface area contributed by atoms with Crippen LogP contribution in [0.4, 0.5) is 0 Å². The minimum Gasteiger partial charge on any atom is -0.327 e. The van der Waals surface area contributed by atoms with E-state index in [0.29, 0.717) is 23.8 Å². The van der Waals surface area contributed by atoms with Gasteiger partial charge in [-0.05, 0) is 156 Å². The van der Waals surface area contributed by atoms with Crippen molar-refractivity contribution in [2.24, 2.45) is 147 Å². The molecule has 0 radical (unpaired) electrons. The zero-order chi connectivity index (χ0) is 22.3. The van der Waals surface area contributed by atoms with Crippen molar-refractivity contribution in [1.82, 2.24) is 0 Å². The van der Waals surface area contributed by atoms with Gasteiger partial charge in [0.05, 0.1) is 0 Å². The summed E-state index contributed by atoms with van der Waals surface area (Å²) < 4.78 is 0. The van der Waals surface area contributed by atoms with Gasteiger partial charge in [-0.1, -0.05) is 13.8 Å². The minimum absolute atomic E-state index is 0.217. The predicted molar refractivity (Wildman–Crippen MR) is 131 cm³/mol. The molecule has 34 heavy (non-hydrogen) atoms. The van der Waals surface area contributed by atoms with Gasteiger partial charge in [-0.25, -0.2) is 0 Å². The first-order valence-corrected chi connectivity index (χ1v) is 15.8. The monoisotopic (exact) mass is 459 g/mol. The molecule has 0 saturated heterocycles. The van der Waals surface area contributed by atoms with E-state index >= 15 is 0 Å². The number of fused-ring (bicyclic) bond motifs is 26. The average molecular weight is 460 g/mol. The highest BCUT2D eigenvalue weighted by Crippen LogP contribution is 2.92. The Kier molecular flexibility index (Phi) is 3.00. The van der Waals surface area contributed by atoms with Crippen LogP contribution in [-0.4, -0.2) is 18.1 Å². The SMILES string of the molecule is C[C@@H]1[C@@H](C)C2[C@H]([C@H]3C(C4C5C6C7C8C9CC[C@@H]9C8C7[C@@H]6C5[C@H]43)[C@@H](N)[C@@H]2N)[C@@H]2C(C3CC[C@H]32)[C@@H]1N. The fourth-order valence-electron chi connectivity index (χ4n) is 16.3. The maximum atomic E-state index is 7.21. The lowest BCUT2D eigenvalue weighted by Gasteiger charge is -2.93. The lowest BCUT2D eigenvalue weighted by molar-refractivity contribution is -0.466. The highest BCUT2D eigenvalue weighted by Gasteiger charge is 2.89. The van der Waals surface area contributed by atoms with Crippen molar-refractivity contribution in [3.05, 3.63) is 0 Å². The molecule has 13 unspecified atom stereocenters. The third kappa shape index (κ3) is 1.51. The van der Waals surface area contributed by atoms with Crippen molar-refractivity contribution in [3.8, 4) is 0 Å². The Morgan fingerprint density at radius 1 is 0.324 bits per heavy atom. The van der Waals surface area contributed by atoms with Crippen LogP contribution in [0.1, 0.15) is 39.5 Å². The maximum Gasteiger partial charge on any atom is 0.0229 e. The van der Waals surface area contributed by atoms with Crippen LogP contribution in [-0.2, 0) is 0 Å². The van der Waals surface area contributed by atoms with Crippen LogP contribution < -0.4 is 17.2 Å². The number of hydrogen-bond donors (Lipinski definition) is 3. The molecule has 0 heterocycles. The molecule has 0 aliphatic heterocycles. The second kappa shape index (κ2) is 5.37. The number of hydrogen-bond acceptors (Lipinski definition) is 3. The Bertz CT molecular complexity index is 1010. The Morgan fingerprint density at radius 3 is 1.12 bits per heavy atom. The first-order valence-electron chi connectivity index (χ1n) is 15.8. The normalized spacial score (nSPS) is 82.7. The molecule has 11 rings (SSSR count). The van der Waals surface area contributed by atoms with Gasteiger partial charge in [-0.2, -0.15) is 0 Å². The van der Waals surface area contributed by atoms with Crippen LogP contribution in [0.15, 0.2) is 0 Å². The van der Waals surface area contributed by atoms with E-state index in [0.717, 1.165) is 71.0 Å². The van der Waals surface area contributed by atoms with Gasteiger partial charge in [0.15, 0.2) is 0 Å². The van der Waals surface area contributed by atoms with E-state index in [-0.39, 0.29) is 12.1 Å². The second-order valence-electron chi connectivity index (χ2n) is 16.5. The summed E-state index contributed by atoms with van der Waals surface area (Å²) in [4.78, 5) is 0. The smallest absolute Gasteiger partial charge is 0.0229 e. The van der Waals surface area contributed by atoms with E-state index in [1.54, 1.807) is 12.8 Å². The van der Waals surface area contributed by atoms with Crippen LogP contribution in [0.3, 0.4) is 0 Å². The zero-order valence-electron chi connectivity index (χ0n) is 21.0. The Morgan fingerprint density at radius 2 is 0.647 bits per heavy atom. The number of nitrogens with two attached hydrogens (primary N) is 3. The van der Waals surface area contributed by atoms with E-state index in [9.17, 15) is 0 Å². The lowest BCUT2D eigenvalue weighted by Crippen LogP contribution is -2.91. The summed E-state index contributed by atoms with van der Waals surface area (Å²) in [6.07, 6.45) is 6.13. The summed E-state index contributed by atoms with van der Waals surface area (Å²) in [5.41, 5.74) is 21.5.